The van der Waals surface area contributed by atoms with Crippen LogP contribution in [0.5, 0.6) is 11.5 Å². The molecule has 0 radical (unpaired) electrons. The lowest BCUT2D eigenvalue weighted by Gasteiger charge is -2.15. The largest absolute Gasteiger partial charge is 0.493 e. The van der Waals surface area contributed by atoms with Crippen LogP contribution in [0.1, 0.15) is 11.1 Å². The Hall–Kier alpha value is -2.14. The Kier molecular flexibility index (Phi) is 7.58. The smallest absolute Gasteiger partial charge is 0.270 e. The molecule has 1 amide bonds. The number of hydrogen-bond acceptors (Lipinski definition) is 5. The quantitative estimate of drug-likeness (QED) is 0.169. The Morgan fingerprint density at radius 1 is 1.18 bits per heavy atom. The Morgan fingerprint density at radius 2 is 1.97 bits per heavy atom. The van der Waals surface area contributed by atoms with Gasteiger partial charge >= 0.3 is 0 Å². The molecule has 0 bridgehead atoms. The molecule has 0 spiro atoms. The van der Waals surface area contributed by atoms with Crippen LogP contribution >= 0.6 is 58.2 Å². The van der Waals surface area contributed by atoms with Gasteiger partial charge in [0.15, 0.2) is 15.8 Å². The maximum absolute atomic E-state index is 13.9. The van der Waals surface area contributed by atoms with E-state index in [1.54, 1.807) is 54.6 Å². The summed E-state index contributed by atoms with van der Waals surface area (Å²) in [6, 6.07) is 17.1. The molecule has 1 aliphatic rings. The third-order valence-electron chi connectivity index (χ3n) is 4.74. The normalized spacial score (nSPS) is 14.8. The number of rotatable bonds is 6. The molecule has 0 unspecified atom stereocenters. The van der Waals surface area contributed by atoms with Crippen molar-refractivity contribution in [2.24, 2.45) is 0 Å². The summed E-state index contributed by atoms with van der Waals surface area (Å²) in [6.45, 7) is 0.0661. The molecule has 3 aromatic rings. The average molecular weight is 612 g/mol. The van der Waals surface area contributed by atoms with E-state index in [9.17, 15) is 9.18 Å². The van der Waals surface area contributed by atoms with Crippen LogP contribution in [0, 0.1) is 9.39 Å². The number of thiocarbonyl (C=S) groups is 1. The molecule has 1 fully saturated rings. The standard InChI is InChI=1S/C24H16ClFINO3S2/c1-30-20-10-14(9-19(27)22(20)31-13-15-5-2-3-8-18(15)26)11-21-23(29)28(24(32)33-21)17-7-4-6-16(25)12-17/h2-12H,13H2,1H3/b21-11+. The van der Waals surface area contributed by atoms with Gasteiger partial charge in [0.2, 0.25) is 0 Å². The number of methoxy groups -OCH3 is 1. The van der Waals surface area contributed by atoms with Crippen LogP contribution < -0.4 is 14.4 Å². The fourth-order valence-corrected chi connectivity index (χ4v) is 5.45. The third-order valence-corrected chi connectivity index (χ3v) is 7.08. The average Bonchev–Trinajstić information content (AvgIpc) is 3.06. The molecule has 0 N–H and O–H groups in total. The molecule has 33 heavy (non-hydrogen) atoms. The monoisotopic (exact) mass is 611 g/mol. The first-order chi connectivity index (χ1) is 15.9. The molecular weight excluding hydrogens is 596 g/mol. The van der Waals surface area contributed by atoms with E-state index in [4.69, 9.17) is 33.3 Å². The molecular formula is C24H16ClFINO3S2. The Balaban J connectivity index is 1.59. The Labute approximate surface area is 218 Å². The van der Waals surface area contributed by atoms with Crippen molar-refractivity contribution in [2.75, 3.05) is 12.0 Å². The minimum absolute atomic E-state index is 0.0661. The summed E-state index contributed by atoms with van der Waals surface area (Å²) >= 11 is 14.9. The number of carbonyl (C=O) groups is 1. The zero-order chi connectivity index (χ0) is 23.5. The summed E-state index contributed by atoms with van der Waals surface area (Å²) < 4.78 is 26.5. The molecule has 0 aliphatic carbocycles. The van der Waals surface area contributed by atoms with Crippen molar-refractivity contribution in [1.29, 1.82) is 0 Å². The van der Waals surface area contributed by atoms with Gasteiger partial charge in [-0.3, -0.25) is 9.69 Å². The number of hydrogen-bond donors (Lipinski definition) is 0. The molecule has 0 saturated carbocycles. The highest BCUT2D eigenvalue weighted by molar-refractivity contribution is 14.1. The summed E-state index contributed by atoms with van der Waals surface area (Å²) in [7, 11) is 1.53. The fourth-order valence-electron chi connectivity index (χ4n) is 3.19. The predicted molar refractivity (Wildman–Crippen MR) is 144 cm³/mol. The predicted octanol–water partition coefficient (Wildman–Crippen LogP) is 7.08. The van der Waals surface area contributed by atoms with Crippen molar-refractivity contribution < 1.29 is 18.7 Å². The van der Waals surface area contributed by atoms with Crippen molar-refractivity contribution in [3.63, 3.8) is 0 Å². The number of halogens is 3. The second kappa shape index (κ2) is 10.4. The number of thioether (sulfide) groups is 1. The van der Waals surface area contributed by atoms with Gasteiger partial charge in [0.05, 0.1) is 21.3 Å². The van der Waals surface area contributed by atoms with Gasteiger partial charge in [0.1, 0.15) is 12.4 Å². The highest BCUT2D eigenvalue weighted by Crippen LogP contribution is 2.39. The van der Waals surface area contributed by atoms with Crippen LogP contribution in [-0.2, 0) is 11.4 Å². The van der Waals surface area contributed by atoms with Crippen molar-refractivity contribution in [3.05, 3.63) is 91.1 Å². The van der Waals surface area contributed by atoms with E-state index >= 15 is 0 Å². The van der Waals surface area contributed by atoms with E-state index in [-0.39, 0.29) is 18.3 Å². The van der Waals surface area contributed by atoms with Gasteiger partial charge in [-0.05, 0) is 70.6 Å². The van der Waals surface area contributed by atoms with Gasteiger partial charge in [0.25, 0.3) is 5.91 Å². The van der Waals surface area contributed by atoms with Crippen molar-refractivity contribution >= 4 is 80.2 Å². The number of benzene rings is 3. The minimum atomic E-state index is -0.329. The molecule has 4 rings (SSSR count). The van der Waals surface area contributed by atoms with Crippen molar-refractivity contribution in [1.82, 2.24) is 0 Å². The lowest BCUT2D eigenvalue weighted by atomic mass is 10.1. The molecule has 1 heterocycles. The molecule has 0 atom stereocenters. The van der Waals surface area contributed by atoms with Gasteiger partial charge in [-0.2, -0.15) is 0 Å². The van der Waals surface area contributed by atoms with Gasteiger partial charge in [-0.15, -0.1) is 0 Å². The second-order valence-electron chi connectivity index (χ2n) is 6.91. The second-order valence-corrected chi connectivity index (χ2v) is 10.2. The van der Waals surface area contributed by atoms with Crippen molar-refractivity contribution in [3.8, 4) is 11.5 Å². The molecule has 1 saturated heterocycles. The molecule has 168 valence electrons. The highest BCUT2D eigenvalue weighted by atomic mass is 127. The summed E-state index contributed by atoms with van der Waals surface area (Å²) in [5, 5.41) is 0.524. The Morgan fingerprint density at radius 3 is 2.70 bits per heavy atom. The van der Waals surface area contributed by atoms with Crippen LogP contribution in [0.25, 0.3) is 6.08 Å². The molecule has 1 aliphatic heterocycles. The SMILES string of the molecule is COc1cc(/C=C2/SC(=S)N(c3cccc(Cl)c3)C2=O)cc(I)c1OCc1ccccc1F. The van der Waals surface area contributed by atoms with Crippen molar-refractivity contribution in [2.45, 2.75) is 6.61 Å². The van der Waals surface area contributed by atoms with Crippen LogP contribution in [0.3, 0.4) is 0 Å². The van der Waals surface area contributed by atoms with Crippen LogP contribution in [0.2, 0.25) is 5.02 Å². The number of amides is 1. The van der Waals surface area contributed by atoms with Gasteiger partial charge in [-0.25, -0.2) is 4.39 Å². The molecule has 4 nitrogen and oxygen atoms in total. The van der Waals surface area contributed by atoms with E-state index in [2.05, 4.69) is 22.6 Å². The van der Waals surface area contributed by atoms with Gasteiger partial charge in [0, 0.05) is 10.6 Å². The summed E-state index contributed by atoms with van der Waals surface area (Å²) in [6.07, 6.45) is 1.76. The Bertz CT molecular complexity index is 1280. The zero-order valence-corrected chi connectivity index (χ0v) is 21.7. The van der Waals surface area contributed by atoms with Crippen LogP contribution in [0.15, 0.2) is 65.6 Å². The summed E-state index contributed by atoms with van der Waals surface area (Å²) in [4.78, 5) is 15.0. The van der Waals surface area contributed by atoms with E-state index in [0.717, 1.165) is 9.13 Å². The lowest BCUT2D eigenvalue weighted by Crippen LogP contribution is -2.27. The van der Waals surface area contributed by atoms with E-state index in [0.29, 0.717) is 37.0 Å². The van der Waals surface area contributed by atoms with Gasteiger partial charge in [-0.1, -0.05) is 59.8 Å². The molecule has 0 aromatic heterocycles. The summed E-state index contributed by atoms with van der Waals surface area (Å²) in [5.41, 5.74) is 1.82. The first-order valence-corrected chi connectivity index (χ1v) is 12.3. The highest BCUT2D eigenvalue weighted by Gasteiger charge is 2.33. The fraction of sp³-hybridized carbons (Fsp3) is 0.0833. The number of anilines is 1. The van der Waals surface area contributed by atoms with E-state index in [1.165, 1.54) is 29.8 Å². The van der Waals surface area contributed by atoms with Gasteiger partial charge < -0.3 is 9.47 Å². The van der Waals surface area contributed by atoms with E-state index in [1.807, 2.05) is 6.07 Å². The van der Waals surface area contributed by atoms with Crippen LogP contribution in [-0.4, -0.2) is 17.3 Å². The number of carbonyl (C=O) groups excluding carboxylic acids is 1. The molecule has 3 aromatic carbocycles. The van der Waals surface area contributed by atoms with Crippen LogP contribution in [0.4, 0.5) is 10.1 Å². The zero-order valence-electron chi connectivity index (χ0n) is 17.2. The maximum atomic E-state index is 13.9. The first-order valence-electron chi connectivity index (χ1n) is 9.64. The minimum Gasteiger partial charge on any atom is -0.493 e. The lowest BCUT2D eigenvalue weighted by molar-refractivity contribution is -0.113. The number of ether oxygens (including phenoxy) is 2. The number of nitrogens with zero attached hydrogens (tertiary/aromatic N) is 1. The molecule has 9 heteroatoms. The third kappa shape index (κ3) is 5.34. The topological polar surface area (TPSA) is 38.8 Å². The first kappa shape index (κ1) is 24.0. The van der Waals surface area contributed by atoms with E-state index < -0.39 is 0 Å². The maximum Gasteiger partial charge on any atom is 0.270 e. The summed E-state index contributed by atoms with van der Waals surface area (Å²) in [5.74, 6) is 0.436.